The first-order valence-electron chi connectivity index (χ1n) is 5.71. The van der Waals surface area contributed by atoms with E-state index in [0.29, 0.717) is 18.9 Å². The van der Waals surface area contributed by atoms with Crippen LogP contribution in [0.1, 0.15) is 18.9 Å². The summed E-state index contributed by atoms with van der Waals surface area (Å²) in [4.78, 5) is 0. The third kappa shape index (κ3) is 2.60. The van der Waals surface area contributed by atoms with E-state index in [-0.39, 0.29) is 11.9 Å². The topological polar surface area (TPSA) is 29.5 Å². The van der Waals surface area contributed by atoms with Gasteiger partial charge < -0.3 is 9.84 Å². The minimum absolute atomic E-state index is 0.108. The Morgan fingerprint density at radius 1 is 1.56 bits per heavy atom. The van der Waals surface area contributed by atoms with Crippen molar-refractivity contribution >= 4 is 0 Å². The number of hydrogen-bond acceptors (Lipinski definition) is 2. The second-order valence-corrected chi connectivity index (χ2v) is 4.50. The number of ether oxygens (including phenoxy) is 1. The van der Waals surface area contributed by atoms with Gasteiger partial charge in [-0.2, -0.15) is 0 Å². The maximum Gasteiger partial charge on any atom is 0.123 e. The van der Waals surface area contributed by atoms with Crippen molar-refractivity contribution in [3.8, 4) is 0 Å². The zero-order chi connectivity index (χ0) is 11.5. The van der Waals surface area contributed by atoms with Crippen LogP contribution in [0.25, 0.3) is 0 Å². The molecule has 1 aromatic rings. The van der Waals surface area contributed by atoms with E-state index in [0.717, 1.165) is 12.0 Å². The Hall–Kier alpha value is -0.930. The molecule has 16 heavy (non-hydrogen) atoms. The maximum absolute atomic E-state index is 13.0. The Labute approximate surface area is 95.1 Å². The molecule has 1 N–H and O–H groups in total. The smallest absolute Gasteiger partial charge is 0.123 e. The van der Waals surface area contributed by atoms with Crippen molar-refractivity contribution in [2.45, 2.75) is 32.0 Å². The first-order chi connectivity index (χ1) is 7.66. The van der Waals surface area contributed by atoms with E-state index in [9.17, 15) is 9.50 Å². The number of aliphatic hydroxyl groups excluding tert-OH is 1. The van der Waals surface area contributed by atoms with E-state index >= 15 is 0 Å². The summed E-state index contributed by atoms with van der Waals surface area (Å²) < 4.78 is 18.4. The van der Waals surface area contributed by atoms with Crippen molar-refractivity contribution in [1.29, 1.82) is 0 Å². The minimum atomic E-state index is -0.542. The third-order valence-electron chi connectivity index (χ3n) is 3.16. The van der Waals surface area contributed by atoms with Gasteiger partial charge >= 0.3 is 0 Å². The molecule has 1 saturated heterocycles. The SMILES string of the molecule is CC1CCOC1C(O)Cc1cccc(F)c1. The fraction of sp³-hybridized carbons (Fsp3) is 0.538. The van der Waals surface area contributed by atoms with Crippen molar-refractivity contribution in [2.24, 2.45) is 5.92 Å². The molecular weight excluding hydrogens is 207 g/mol. The monoisotopic (exact) mass is 224 g/mol. The summed E-state index contributed by atoms with van der Waals surface area (Å²) >= 11 is 0. The summed E-state index contributed by atoms with van der Waals surface area (Å²) in [7, 11) is 0. The molecule has 0 amide bonds. The van der Waals surface area contributed by atoms with Gasteiger partial charge in [0, 0.05) is 13.0 Å². The van der Waals surface area contributed by atoms with Crippen LogP contribution in [-0.2, 0) is 11.2 Å². The van der Waals surface area contributed by atoms with Crippen LogP contribution in [0.5, 0.6) is 0 Å². The molecule has 1 aliphatic rings. The normalized spacial score (nSPS) is 26.9. The second kappa shape index (κ2) is 4.93. The number of aliphatic hydroxyl groups is 1. The molecule has 0 radical (unpaired) electrons. The highest BCUT2D eigenvalue weighted by molar-refractivity contribution is 5.17. The average molecular weight is 224 g/mol. The summed E-state index contributed by atoms with van der Waals surface area (Å²) in [6.45, 7) is 2.79. The van der Waals surface area contributed by atoms with Gasteiger partial charge in [-0.3, -0.25) is 0 Å². The molecule has 3 heteroatoms. The summed E-state index contributed by atoms with van der Waals surface area (Å²) in [6.07, 6.45) is 0.792. The second-order valence-electron chi connectivity index (χ2n) is 4.50. The van der Waals surface area contributed by atoms with Crippen molar-refractivity contribution < 1.29 is 14.2 Å². The lowest BCUT2D eigenvalue weighted by atomic mass is 9.95. The van der Waals surface area contributed by atoms with Gasteiger partial charge in [-0.15, -0.1) is 0 Å². The molecule has 1 aliphatic heterocycles. The Morgan fingerprint density at radius 2 is 2.38 bits per heavy atom. The standard InChI is InChI=1S/C13H17FO2/c1-9-5-6-16-13(9)12(15)8-10-3-2-4-11(14)7-10/h2-4,7,9,12-13,15H,5-6,8H2,1H3. The summed E-state index contributed by atoms with van der Waals surface area (Å²) in [6, 6.07) is 6.36. The van der Waals surface area contributed by atoms with Gasteiger partial charge in [0.2, 0.25) is 0 Å². The first-order valence-corrected chi connectivity index (χ1v) is 5.71. The van der Waals surface area contributed by atoms with E-state index in [2.05, 4.69) is 6.92 Å². The van der Waals surface area contributed by atoms with Gasteiger partial charge in [0.1, 0.15) is 5.82 Å². The molecular formula is C13H17FO2. The summed E-state index contributed by atoms with van der Waals surface area (Å²) in [5.74, 6) is 0.119. The van der Waals surface area contributed by atoms with E-state index in [1.165, 1.54) is 12.1 Å². The van der Waals surface area contributed by atoms with Gasteiger partial charge in [0.25, 0.3) is 0 Å². The third-order valence-corrected chi connectivity index (χ3v) is 3.16. The number of hydrogen-bond donors (Lipinski definition) is 1. The van der Waals surface area contributed by atoms with Crippen LogP contribution < -0.4 is 0 Å². The average Bonchev–Trinajstić information content (AvgIpc) is 2.64. The minimum Gasteiger partial charge on any atom is -0.390 e. The Bertz CT molecular complexity index is 354. The van der Waals surface area contributed by atoms with Crippen molar-refractivity contribution in [2.75, 3.05) is 6.61 Å². The lowest BCUT2D eigenvalue weighted by molar-refractivity contribution is -0.0157. The fourth-order valence-corrected chi connectivity index (χ4v) is 2.23. The summed E-state index contributed by atoms with van der Waals surface area (Å²) in [5, 5.41) is 10.0. The first kappa shape index (κ1) is 11.6. The fourth-order valence-electron chi connectivity index (χ4n) is 2.23. The molecule has 1 heterocycles. The van der Waals surface area contributed by atoms with Crippen LogP contribution in [-0.4, -0.2) is 23.9 Å². The van der Waals surface area contributed by atoms with Crippen LogP contribution in [0.3, 0.4) is 0 Å². The Balaban J connectivity index is 1.99. The van der Waals surface area contributed by atoms with E-state index in [1.54, 1.807) is 6.07 Å². The summed E-state index contributed by atoms with van der Waals surface area (Å²) in [5.41, 5.74) is 0.815. The van der Waals surface area contributed by atoms with Crippen molar-refractivity contribution in [1.82, 2.24) is 0 Å². The molecule has 0 saturated carbocycles. The highest BCUT2D eigenvalue weighted by Gasteiger charge is 2.30. The van der Waals surface area contributed by atoms with Gasteiger partial charge in [0.15, 0.2) is 0 Å². The Kier molecular flexibility index (Phi) is 3.56. The number of benzene rings is 1. The largest absolute Gasteiger partial charge is 0.390 e. The quantitative estimate of drug-likeness (QED) is 0.852. The molecule has 88 valence electrons. The van der Waals surface area contributed by atoms with Crippen LogP contribution in [0.2, 0.25) is 0 Å². The molecule has 0 aromatic heterocycles. The molecule has 0 bridgehead atoms. The molecule has 0 aliphatic carbocycles. The number of halogens is 1. The van der Waals surface area contributed by atoms with Crippen LogP contribution in [0.15, 0.2) is 24.3 Å². The zero-order valence-electron chi connectivity index (χ0n) is 9.40. The van der Waals surface area contributed by atoms with Crippen LogP contribution in [0, 0.1) is 11.7 Å². The molecule has 3 unspecified atom stereocenters. The molecule has 1 fully saturated rings. The van der Waals surface area contributed by atoms with E-state index in [1.807, 2.05) is 6.07 Å². The molecule has 2 rings (SSSR count). The predicted octanol–water partition coefficient (Wildman–Crippen LogP) is 2.15. The Morgan fingerprint density at radius 3 is 3.00 bits per heavy atom. The highest BCUT2D eigenvalue weighted by atomic mass is 19.1. The lowest BCUT2D eigenvalue weighted by Crippen LogP contribution is -2.31. The lowest BCUT2D eigenvalue weighted by Gasteiger charge is -2.21. The van der Waals surface area contributed by atoms with Gasteiger partial charge in [-0.1, -0.05) is 19.1 Å². The van der Waals surface area contributed by atoms with Gasteiger partial charge in [-0.05, 0) is 30.0 Å². The van der Waals surface area contributed by atoms with E-state index < -0.39 is 6.10 Å². The predicted molar refractivity (Wildman–Crippen MR) is 59.6 cm³/mol. The van der Waals surface area contributed by atoms with Gasteiger partial charge in [0.05, 0.1) is 12.2 Å². The van der Waals surface area contributed by atoms with Crippen LogP contribution >= 0.6 is 0 Å². The van der Waals surface area contributed by atoms with Crippen molar-refractivity contribution in [3.63, 3.8) is 0 Å². The molecule has 2 nitrogen and oxygen atoms in total. The highest BCUT2D eigenvalue weighted by Crippen LogP contribution is 2.24. The molecule has 1 aromatic carbocycles. The van der Waals surface area contributed by atoms with Crippen molar-refractivity contribution in [3.05, 3.63) is 35.6 Å². The van der Waals surface area contributed by atoms with Gasteiger partial charge in [-0.25, -0.2) is 4.39 Å². The van der Waals surface area contributed by atoms with E-state index in [4.69, 9.17) is 4.74 Å². The zero-order valence-corrected chi connectivity index (χ0v) is 9.40. The molecule has 0 spiro atoms. The van der Waals surface area contributed by atoms with Crippen LogP contribution in [0.4, 0.5) is 4.39 Å². The number of rotatable bonds is 3. The maximum atomic E-state index is 13.0. The molecule has 3 atom stereocenters.